The summed E-state index contributed by atoms with van der Waals surface area (Å²) in [4.78, 5) is 0.386. The molecule has 1 rings (SSSR count). The quantitative estimate of drug-likeness (QED) is 0.740. The first kappa shape index (κ1) is 14.5. The van der Waals surface area contributed by atoms with Crippen molar-refractivity contribution in [2.75, 3.05) is 7.11 Å². The number of hydrogen-bond acceptors (Lipinski definition) is 1. The molecule has 0 fully saturated rings. The number of alkyl halides is 1. The number of methoxy groups -OCH3 is 1. The minimum absolute atomic E-state index is 0.182. The Labute approximate surface area is 111 Å². The predicted octanol–water partition coefficient (Wildman–Crippen LogP) is 4.58. The first-order valence-electron chi connectivity index (χ1n) is 5.81. The highest BCUT2D eigenvalue weighted by atomic mass is 79.9. The third kappa shape index (κ3) is 4.30. The van der Waals surface area contributed by atoms with Crippen LogP contribution < -0.4 is 4.74 Å². The molecule has 0 aliphatic heterocycles. The maximum atomic E-state index is 13.7. The SMILES string of the molecule is COc1ccc(CCC(Br)C(C)(C)C)c(F)c1. The van der Waals surface area contributed by atoms with Gasteiger partial charge in [-0.25, -0.2) is 4.39 Å². The molecule has 1 nitrogen and oxygen atoms in total. The van der Waals surface area contributed by atoms with E-state index in [4.69, 9.17) is 4.74 Å². The van der Waals surface area contributed by atoms with Crippen LogP contribution in [0.1, 0.15) is 32.8 Å². The molecule has 0 aliphatic carbocycles. The molecule has 0 spiro atoms. The third-order valence-electron chi connectivity index (χ3n) is 2.87. The summed E-state index contributed by atoms with van der Waals surface area (Å²) < 4.78 is 18.7. The van der Waals surface area contributed by atoms with E-state index in [1.54, 1.807) is 19.2 Å². The summed E-state index contributed by atoms with van der Waals surface area (Å²) in [5.74, 6) is 0.385. The standard InChI is InChI=1S/C14H20BrFO/c1-14(2,3)13(15)8-6-10-5-7-11(17-4)9-12(10)16/h5,7,9,13H,6,8H2,1-4H3. The van der Waals surface area contributed by atoms with Gasteiger partial charge in [-0.2, -0.15) is 0 Å². The van der Waals surface area contributed by atoms with Gasteiger partial charge in [0.05, 0.1) is 7.11 Å². The van der Waals surface area contributed by atoms with Crippen LogP contribution in [0.5, 0.6) is 5.75 Å². The van der Waals surface area contributed by atoms with Gasteiger partial charge in [0.1, 0.15) is 11.6 Å². The van der Waals surface area contributed by atoms with Crippen LogP contribution in [0.25, 0.3) is 0 Å². The van der Waals surface area contributed by atoms with Crippen LogP contribution in [-0.4, -0.2) is 11.9 Å². The van der Waals surface area contributed by atoms with Crippen molar-refractivity contribution >= 4 is 15.9 Å². The Hall–Kier alpha value is -0.570. The van der Waals surface area contributed by atoms with Crippen LogP contribution in [0.2, 0.25) is 0 Å². The summed E-state index contributed by atoms with van der Waals surface area (Å²) in [5, 5.41) is 0. The van der Waals surface area contributed by atoms with Crippen molar-refractivity contribution in [1.29, 1.82) is 0 Å². The van der Waals surface area contributed by atoms with Gasteiger partial charge >= 0.3 is 0 Å². The van der Waals surface area contributed by atoms with Crippen LogP contribution in [0.4, 0.5) is 4.39 Å². The summed E-state index contributed by atoms with van der Waals surface area (Å²) >= 11 is 3.66. The lowest BCUT2D eigenvalue weighted by Crippen LogP contribution is -2.20. The molecule has 0 saturated heterocycles. The Morgan fingerprint density at radius 3 is 2.47 bits per heavy atom. The van der Waals surface area contributed by atoms with E-state index in [0.717, 1.165) is 18.4 Å². The monoisotopic (exact) mass is 302 g/mol. The van der Waals surface area contributed by atoms with Crippen molar-refractivity contribution in [2.45, 2.75) is 38.4 Å². The smallest absolute Gasteiger partial charge is 0.130 e. The molecular formula is C14H20BrFO. The van der Waals surface area contributed by atoms with Gasteiger partial charge in [-0.05, 0) is 29.9 Å². The maximum absolute atomic E-state index is 13.7. The fourth-order valence-electron chi connectivity index (χ4n) is 1.57. The first-order chi connectivity index (χ1) is 7.84. The van der Waals surface area contributed by atoms with Crippen LogP contribution in [-0.2, 0) is 6.42 Å². The molecule has 0 saturated carbocycles. The van der Waals surface area contributed by atoms with Crippen molar-refractivity contribution in [3.05, 3.63) is 29.6 Å². The summed E-state index contributed by atoms with van der Waals surface area (Å²) in [5.41, 5.74) is 0.947. The van der Waals surface area contributed by atoms with Crippen molar-refractivity contribution in [2.24, 2.45) is 5.41 Å². The zero-order valence-electron chi connectivity index (χ0n) is 10.9. The van der Waals surface area contributed by atoms with E-state index < -0.39 is 0 Å². The molecule has 17 heavy (non-hydrogen) atoms. The molecule has 0 aromatic heterocycles. The minimum Gasteiger partial charge on any atom is -0.497 e. The number of hydrogen-bond donors (Lipinski definition) is 0. The third-order valence-corrected chi connectivity index (χ3v) is 4.70. The molecule has 0 bridgehead atoms. The lowest BCUT2D eigenvalue weighted by molar-refractivity contribution is 0.384. The zero-order valence-corrected chi connectivity index (χ0v) is 12.5. The predicted molar refractivity (Wildman–Crippen MR) is 73.4 cm³/mol. The highest BCUT2D eigenvalue weighted by Gasteiger charge is 2.21. The van der Waals surface area contributed by atoms with Crippen LogP contribution in [0, 0.1) is 11.2 Å². The number of ether oxygens (including phenoxy) is 1. The molecular weight excluding hydrogens is 283 g/mol. The van der Waals surface area contributed by atoms with Crippen molar-refractivity contribution in [3.63, 3.8) is 0 Å². The van der Waals surface area contributed by atoms with Crippen LogP contribution >= 0.6 is 15.9 Å². The Kier molecular flexibility index (Phi) is 4.99. The topological polar surface area (TPSA) is 9.23 Å². The molecule has 96 valence electrons. The van der Waals surface area contributed by atoms with Crippen LogP contribution in [0.3, 0.4) is 0 Å². The van der Waals surface area contributed by atoms with E-state index in [0.29, 0.717) is 10.6 Å². The average Bonchev–Trinajstić information content (AvgIpc) is 2.25. The Morgan fingerprint density at radius 2 is 2.00 bits per heavy atom. The fourth-order valence-corrected chi connectivity index (χ4v) is 1.80. The van der Waals surface area contributed by atoms with Gasteiger partial charge in [0.15, 0.2) is 0 Å². The van der Waals surface area contributed by atoms with Crippen molar-refractivity contribution in [3.8, 4) is 5.75 Å². The number of rotatable bonds is 4. The molecule has 0 radical (unpaired) electrons. The number of benzene rings is 1. The Balaban J connectivity index is 2.64. The highest BCUT2D eigenvalue weighted by molar-refractivity contribution is 9.09. The molecule has 1 unspecified atom stereocenters. The molecule has 1 aromatic rings. The van der Waals surface area contributed by atoms with Gasteiger partial charge in [-0.15, -0.1) is 0 Å². The van der Waals surface area contributed by atoms with Gasteiger partial charge in [-0.3, -0.25) is 0 Å². The van der Waals surface area contributed by atoms with Gasteiger partial charge in [0.2, 0.25) is 0 Å². The number of halogens is 2. The molecule has 0 amide bonds. The molecule has 0 heterocycles. The molecule has 0 N–H and O–H groups in total. The van der Waals surface area contributed by atoms with Gasteiger partial charge in [0.25, 0.3) is 0 Å². The lowest BCUT2D eigenvalue weighted by Gasteiger charge is -2.25. The summed E-state index contributed by atoms with van der Waals surface area (Å²) in [7, 11) is 1.54. The van der Waals surface area contributed by atoms with Crippen LogP contribution in [0.15, 0.2) is 18.2 Å². The van der Waals surface area contributed by atoms with Gasteiger partial charge in [-0.1, -0.05) is 42.8 Å². The summed E-state index contributed by atoms with van der Waals surface area (Å²) in [6, 6.07) is 5.05. The van der Waals surface area contributed by atoms with E-state index in [1.807, 2.05) is 0 Å². The highest BCUT2D eigenvalue weighted by Crippen LogP contribution is 2.30. The van der Waals surface area contributed by atoms with E-state index >= 15 is 0 Å². The summed E-state index contributed by atoms with van der Waals surface area (Å²) in [6.07, 6.45) is 1.66. The Morgan fingerprint density at radius 1 is 1.35 bits per heavy atom. The minimum atomic E-state index is -0.182. The molecule has 1 aromatic carbocycles. The second kappa shape index (κ2) is 5.85. The second-order valence-corrected chi connectivity index (χ2v) is 6.43. The van der Waals surface area contributed by atoms with E-state index in [2.05, 4.69) is 36.7 Å². The lowest BCUT2D eigenvalue weighted by atomic mass is 9.88. The first-order valence-corrected chi connectivity index (χ1v) is 6.72. The van der Waals surface area contributed by atoms with Gasteiger partial charge in [0, 0.05) is 10.9 Å². The van der Waals surface area contributed by atoms with E-state index in [9.17, 15) is 4.39 Å². The van der Waals surface area contributed by atoms with Crippen molar-refractivity contribution < 1.29 is 9.13 Å². The molecule has 0 aliphatic rings. The largest absolute Gasteiger partial charge is 0.497 e. The van der Waals surface area contributed by atoms with E-state index in [-0.39, 0.29) is 11.2 Å². The normalized spacial score (nSPS) is 13.5. The van der Waals surface area contributed by atoms with Gasteiger partial charge < -0.3 is 4.74 Å². The zero-order chi connectivity index (χ0) is 13.1. The Bertz CT molecular complexity index is 371. The second-order valence-electron chi connectivity index (χ2n) is 5.33. The molecule has 3 heteroatoms. The average molecular weight is 303 g/mol. The van der Waals surface area contributed by atoms with E-state index in [1.165, 1.54) is 6.07 Å². The summed E-state index contributed by atoms with van der Waals surface area (Å²) in [6.45, 7) is 6.53. The van der Waals surface area contributed by atoms with Crippen molar-refractivity contribution in [1.82, 2.24) is 0 Å². The maximum Gasteiger partial charge on any atom is 0.130 e. The molecule has 1 atom stereocenters. The number of aryl methyl sites for hydroxylation is 1. The fraction of sp³-hybridized carbons (Fsp3) is 0.571.